The fourth-order valence-electron chi connectivity index (χ4n) is 1.22. The SMILES string of the molecule is CSc1ccc(-c2cc(C#N)no2)cc1. The van der Waals surface area contributed by atoms with Gasteiger partial charge in [-0.1, -0.05) is 17.3 Å². The molecular formula is C11H8N2OS. The number of thioether (sulfide) groups is 1. The van der Waals surface area contributed by atoms with Crippen molar-refractivity contribution in [2.75, 3.05) is 6.26 Å². The lowest BCUT2D eigenvalue weighted by atomic mass is 10.2. The Balaban J connectivity index is 2.33. The van der Waals surface area contributed by atoms with Crippen LogP contribution in [0.1, 0.15) is 5.69 Å². The summed E-state index contributed by atoms with van der Waals surface area (Å²) in [6.07, 6.45) is 2.03. The molecule has 0 fully saturated rings. The molecule has 0 atom stereocenters. The van der Waals surface area contributed by atoms with Crippen molar-refractivity contribution in [1.82, 2.24) is 5.16 Å². The highest BCUT2D eigenvalue weighted by molar-refractivity contribution is 7.98. The summed E-state index contributed by atoms with van der Waals surface area (Å²) >= 11 is 1.68. The predicted molar refractivity (Wildman–Crippen MR) is 58.4 cm³/mol. The van der Waals surface area contributed by atoms with E-state index < -0.39 is 0 Å². The lowest BCUT2D eigenvalue weighted by Gasteiger charge is -1.97. The maximum Gasteiger partial charge on any atom is 0.184 e. The molecule has 0 spiro atoms. The van der Waals surface area contributed by atoms with Crippen LogP contribution in [0.5, 0.6) is 0 Å². The third-order valence-corrected chi connectivity index (χ3v) is 2.74. The Bertz CT molecular complexity index is 496. The van der Waals surface area contributed by atoms with E-state index in [4.69, 9.17) is 9.78 Å². The Hall–Kier alpha value is -1.73. The highest BCUT2D eigenvalue weighted by atomic mass is 32.2. The van der Waals surface area contributed by atoms with Gasteiger partial charge in [0.1, 0.15) is 6.07 Å². The largest absolute Gasteiger partial charge is 0.355 e. The lowest BCUT2D eigenvalue weighted by Crippen LogP contribution is -1.74. The zero-order valence-corrected chi connectivity index (χ0v) is 8.91. The molecule has 0 saturated carbocycles. The molecule has 0 radical (unpaired) electrons. The fourth-order valence-corrected chi connectivity index (χ4v) is 1.63. The first-order valence-corrected chi connectivity index (χ1v) is 5.57. The highest BCUT2D eigenvalue weighted by Gasteiger charge is 2.05. The number of aromatic nitrogens is 1. The lowest BCUT2D eigenvalue weighted by molar-refractivity contribution is 0.430. The number of hydrogen-bond acceptors (Lipinski definition) is 4. The first-order valence-electron chi connectivity index (χ1n) is 4.35. The maximum atomic E-state index is 8.60. The van der Waals surface area contributed by atoms with Gasteiger partial charge in [-0.3, -0.25) is 0 Å². The minimum Gasteiger partial charge on any atom is -0.355 e. The smallest absolute Gasteiger partial charge is 0.184 e. The standard InChI is InChI=1S/C11H8N2OS/c1-15-10-4-2-8(3-5-10)11-6-9(7-12)13-14-11/h2-6H,1H3. The van der Waals surface area contributed by atoms with E-state index in [9.17, 15) is 0 Å². The van der Waals surface area contributed by atoms with Crippen molar-refractivity contribution < 1.29 is 4.52 Å². The molecule has 1 aromatic heterocycles. The Morgan fingerprint density at radius 3 is 2.60 bits per heavy atom. The average Bonchev–Trinajstić information content (AvgIpc) is 2.78. The van der Waals surface area contributed by atoms with Gasteiger partial charge in [-0.05, 0) is 18.4 Å². The first-order chi connectivity index (χ1) is 7.33. The molecule has 1 aromatic carbocycles. The Labute approximate surface area is 91.7 Å². The van der Waals surface area contributed by atoms with E-state index in [-0.39, 0.29) is 0 Å². The van der Waals surface area contributed by atoms with Gasteiger partial charge in [-0.15, -0.1) is 11.8 Å². The molecule has 4 heteroatoms. The maximum absolute atomic E-state index is 8.60. The number of nitrogens with zero attached hydrogens (tertiary/aromatic N) is 2. The second kappa shape index (κ2) is 4.20. The van der Waals surface area contributed by atoms with E-state index in [1.807, 2.05) is 36.6 Å². The Kier molecular flexibility index (Phi) is 2.75. The summed E-state index contributed by atoms with van der Waals surface area (Å²) in [7, 11) is 0. The molecular weight excluding hydrogens is 208 g/mol. The van der Waals surface area contributed by atoms with Crippen LogP contribution < -0.4 is 0 Å². The van der Waals surface area contributed by atoms with Gasteiger partial charge in [0.25, 0.3) is 0 Å². The van der Waals surface area contributed by atoms with Crippen LogP contribution in [0.25, 0.3) is 11.3 Å². The van der Waals surface area contributed by atoms with Crippen LogP contribution in [0.2, 0.25) is 0 Å². The summed E-state index contributed by atoms with van der Waals surface area (Å²) in [6, 6.07) is 11.5. The van der Waals surface area contributed by atoms with Gasteiger partial charge in [0.05, 0.1) is 0 Å². The predicted octanol–water partition coefficient (Wildman–Crippen LogP) is 2.94. The van der Waals surface area contributed by atoms with Gasteiger partial charge in [-0.2, -0.15) is 5.26 Å². The van der Waals surface area contributed by atoms with E-state index in [2.05, 4.69) is 5.16 Å². The van der Waals surface area contributed by atoms with Gasteiger partial charge in [0, 0.05) is 16.5 Å². The second-order valence-electron chi connectivity index (χ2n) is 2.92. The zero-order valence-electron chi connectivity index (χ0n) is 8.10. The number of benzene rings is 1. The number of hydrogen-bond donors (Lipinski definition) is 0. The minimum atomic E-state index is 0.305. The molecule has 0 amide bonds. The molecule has 15 heavy (non-hydrogen) atoms. The summed E-state index contributed by atoms with van der Waals surface area (Å²) in [5.74, 6) is 0.624. The molecule has 74 valence electrons. The minimum absolute atomic E-state index is 0.305. The van der Waals surface area contributed by atoms with Crippen molar-refractivity contribution in [2.45, 2.75) is 4.90 Å². The normalized spacial score (nSPS) is 9.87. The molecule has 0 aliphatic rings. The first kappa shape index (κ1) is 9.81. The van der Waals surface area contributed by atoms with E-state index in [1.165, 1.54) is 4.90 Å². The van der Waals surface area contributed by atoms with E-state index in [1.54, 1.807) is 17.8 Å². The van der Waals surface area contributed by atoms with Crippen LogP contribution in [0, 0.1) is 11.3 Å². The second-order valence-corrected chi connectivity index (χ2v) is 3.80. The summed E-state index contributed by atoms with van der Waals surface area (Å²) in [4.78, 5) is 1.19. The third kappa shape index (κ3) is 2.03. The average molecular weight is 216 g/mol. The van der Waals surface area contributed by atoms with Crippen molar-refractivity contribution in [2.24, 2.45) is 0 Å². The summed E-state index contributed by atoms with van der Waals surface area (Å²) in [6.45, 7) is 0. The van der Waals surface area contributed by atoms with Crippen molar-refractivity contribution in [1.29, 1.82) is 5.26 Å². The van der Waals surface area contributed by atoms with Crippen LogP contribution in [0.4, 0.5) is 0 Å². The summed E-state index contributed by atoms with van der Waals surface area (Å²) in [5, 5.41) is 12.2. The van der Waals surface area contributed by atoms with Crippen LogP contribution in [0.3, 0.4) is 0 Å². The molecule has 3 nitrogen and oxygen atoms in total. The fraction of sp³-hybridized carbons (Fsp3) is 0.0909. The molecule has 2 aromatic rings. The number of rotatable bonds is 2. The Morgan fingerprint density at radius 1 is 1.33 bits per heavy atom. The van der Waals surface area contributed by atoms with Gasteiger partial charge in [-0.25, -0.2) is 0 Å². The molecule has 2 rings (SSSR count). The third-order valence-electron chi connectivity index (χ3n) is 2.00. The monoisotopic (exact) mass is 216 g/mol. The van der Waals surface area contributed by atoms with E-state index in [0.717, 1.165) is 5.56 Å². The molecule has 0 bridgehead atoms. The summed E-state index contributed by atoms with van der Waals surface area (Å²) < 4.78 is 5.04. The number of nitriles is 1. The van der Waals surface area contributed by atoms with E-state index in [0.29, 0.717) is 11.5 Å². The summed E-state index contributed by atoms with van der Waals surface area (Å²) in [5.41, 5.74) is 1.24. The van der Waals surface area contributed by atoms with Gasteiger partial charge in [0.15, 0.2) is 11.5 Å². The molecule has 0 aliphatic heterocycles. The van der Waals surface area contributed by atoms with Crippen molar-refractivity contribution in [3.05, 3.63) is 36.0 Å². The van der Waals surface area contributed by atoms with Crippen LogP contribution >= 0.6 is 11.8 Å². The Morgan fingerprint density at radius 2 is 2.07 bits per heavy atom. The topological polar surface area (TPSA) is 49.8 Å². The van der Waals surface area contributed by atoms with Crippen molar-refractivity contribution in [3.8, 4) is 17.4 Å². The molecule has 0 N–H and O–H groups in total. The van der Waals surface area contributed by atoms with Gasteiger partial charge >= 0.3 is 0 Å². The van der Waals surface area contributed by atoms with E-state index >= 15 is 0 Å². The van der Waals surface area contributed by atoms with Gasteiger partial charge in [0.2, 0.25) is 0 Å². The quantitative estimate of drug-likeness (QED) is 0.724. The van der Waals surface area contributed by atoms with Gasteiger partial charge < -0.3 is 4.52 Å². The molecule has 0 saturated heterocycles. The van der Waals surface area contributed by atoms with Crippen molar-refractivity contribution >= 4 is 11.8 Å². The molecule has 0 unspecified atom stereocenters. The zero-order chi connectivity index (χ0) is 10.7. The van der Waals surface area contributed by atoms with Crippen molar-refractivity contribution in [3.63, 3.8) is 0 Å². The van der Waals surface area contributed by atoms with Crippen LogP contribution in [0.15, 0.2) is 39.8 Å². The van der Waals surface area contributed by atoms with Crippen LogP contribution in [-0.2, 0) is 0 Å². The molecule has 0 aliphatic carbocycles. The highest BCUT2D eigenvalue weighted by Crippen LogP contribution is 2.23. The van der Waals surface area contributed by atoms with Crippen LogP contribution in [-0.4, -0.2) is 11.4 Å². The molecule has 1 heterocycles.